The lowest BCUT2D eigenvalue weighted by molar-refractivity contribution is -0.112. The van der Waals surface area contributed by atoms with Gasteiger partial charge in [0.1, 0.15) is 0 Å². The van der Waals surface area contributed by atoms with Crippen LogP contribution in [0.25, 0.3) is 6.08 Å². The number of hydrogen-bond donors (Lipinski definition) is 2. The maximum atomic E-state index is 13.2. The molecule has 2 aromatic rings. The maximum absolute atomic E-state index is 13.2. The Morgan fingerprint density at radius 2 is 1.82 bits per heavy atom. The highest BCUT2D eigenvalue weighted by Crippen LogP contribution is 2.37. The third-order valence-electron chi connectivity index (χ3n) is 4.21. The standard InChI is InChI=1S/C19H12F4N2O4S.C3H6/c20-16(21)12-7-15-9(6-13(12)18(27)25(22)23)5-10(8-30-15)17(26)24-14-4-2-1-3-11(14)19(28)29;1-3-2/h1-7,16H,8H2,(H,24,26)(H,28,29);3H,1H2,2H3. The molecule has 2 N–H and O–H groups in total. The molecule has 0 atom stereocenters. The van der Waals surface area contributed by atoms with Crippen molar-refractivity contribution in [1.82, 2.24) is 5.34 Å². The van der Waals surface area contributed by atoms with Crippen LogP contribution >= 0.6 is 11.8 Å². The van der Waals surface area contributed by atoms with Gasteiger partial charge in [-0.05, 0) is 42.8 Å². The molecule has 0 saturated heterocycles. The second-order valence-corrected chi connectivity index (χ2v) is 7.50. The second kappa shape index (κ2) is 11.3. The van der Waals surface area contributed by atoms with Gasteiger partial charge in [-0.3, -0.25) is 9.59 Å². The number of halogens is 4. The number of thioether (sulfide) groups is 1. The normalized spacial score (nSPS) is 12.0. The van der Waals surface area contributed by atoms with E-state index in [1.54, 1.807) is 6.08 Å². The van der Waals surface area contributed by atoms with Crippen LogP contribution in [0.5, 0.6) is 0 Å². The lowest BCUT2D eigenvalue weighted by Gasteiger charge is -2.19. The van der Waals surface area contributed by atoms with Gasteiger partial charge in [-0.1, -0.05) is 27.2 Å². The quantitative estimate of drug-likeness (QED) is 0.317. The first-order valence-corrected chi connectivity index (χ1v) is 10.2. The van der Waals surface area contributed by atoms with Gasteiger partial charge in [-0.25, -0.2) is 13.6 Å². The number of carboxylic acid groups (broad SMARTS) is 1. The Balaban J connectivity index is 0.00000122. The first kappa shape index (κ1) is 25.7. The van der Waals surface area contributed by atoms with E-state index in [1.807, 2.05) is 6.92 Å². The van der Waals surface area contributed by atoms with Crippen molar-refractivity contribution in [2.45, 2.75) is 18.2 Å². The minimum absolute atomic E-state index is 0.0566. The molecule has 0 saturated carbocycles. The van der Waals surface area contributed by atoms with Crippen molar-refractivity contribution in [3.8, 4) is 0 Å². The Hall–Kier alpha value is -3.60. The van der Waals surface area contributed by atoms with Crippen LogP contribution in [0.4, 0.5) is 23.4 Å². The number of rotatable bonds is 5. The number of para-hydroxylation sites is 1. The van der Waals surface area contributed by atoms with Crippen molar-refractivity contribution < 1.29 is 37.2 Å². The molecule has 1 aliphatic rings. The summed E-state index contributed by atoms with van der Waals surface area (Å²) < 4.78 is 51.7. The van der Waals surface area contributed by atoms with Gasteiger partial charge in [0, 0.05) is 27.1 Å². The molecule has 2 amide bonds. The van der Waals surface area contributed by atoms with Crippen LogP contribution in [0.2, 0.25) is 0 Å². The summed E-state index contributed by atoms with van der Waals surface area (Å²) in [5.74, 6) is -3.71. The predicted molar refractivity (Wildman–Crippen MR) is 116 cm³/mol. The fourth-order valence-electron chi connectivity index (χ4n) is 2.80. The summed E-state index contributed by atoms with van der Waals surface area (Å²) in [5.41, 5.74) is -1.48. The van der Waals surface area contributed by atoms with Crippen LogP contribution in [-0.2, 0) is 4.79 Å². The van der Waals surface area contributed by atoms with Crippen LogP contribution in [0.3, 0.4) is 0 Å². The topological polar surface area (TPSA) is 86.7 Å². The van der Waals surface area contributed by atoms with Crippen LogP contribution in [0.15, 0.2) is 59.5 Å². The van der Waals surface area contributed by atoms with Crippen LogP contribution < -0.4 is 5.32 Å². The van der Waals surface area contributed by atoms with Gasteiger partial charge in [0.2, 0.25) is 0 Å². The largest absolute Gasteiger partial charge is 0.478 e. The second-order valence-electron chi connectivity index (χ2n) is 6.49. The first-order valence-electron chi connectivity index (χ1n) is 9.26. The van der Waals surface area contributed by atoms with Gasteiger partial charge in [0.25, 0.3) is 12.3 Å². The molecule has 0 spiro atoms. The number of nitrogens with zero attached hydrogens (tertiary/aromatic N) is 1. The number of hydrogen-bond acceptors (Lipinski definition) is 4. The SMILES string of the molecule is C=CC.O=C(Nc1ccccc1C(=O)O)C1=Cc2cc(C(=O)N(F)F)c(C(F)F)cc2SC1. The van der Waals surface area contributed by atoms with Gasteiger partial charge in [0.05, 0.1) is 16.8 Å². The average molecular weight is 482 g/mol. The lowest BCUT2D eigenvalue weighted by atomic mass is 10.0. The third kappa shape index (κ3) is 6.22. The van der Waals surface area contributed by atoms with Crippen LogP contribution in [-0.4, -0.2) is 34.0 Å². The number of amides is 2. The number of fused-ring (bicyclic) bond motifs is 1. The van der Waals surface area contributed by atoms with E-state index >= 15 is 0 Å². The van der Waals surface area contributed by atoms with E-state index in [4.69, 9.17) is 0 Å². The van der Waals surface area contributed by atoms with Gasteiger partial charge < -0.3 is 10.4 Å². The van der Waals surface area contributed by atoms with Gasteiger partial charge >= 0.3 is 11.9 Å². The van der Waals surface area contributed by atoms with E-state index in [2.05, 4.69) is 11.9 Å². The Morgan fingerprint density at radius 3 is 2.39 bits per heavy atom. The Bertz CT molecular complexity index is 1120. The number of nitrogens with one attached hydrogen (secondary N) is 1. The fourth-order valence-corrected chi connectivity index (χ4v) is 3.82. The van der Waals surface area contributed by atoms with E-state index < -0.39 is 40.7 Å². The summed E-state index contributed by atoms with van der Waals surface area (Å²) >= 11 is 1.02. The minimum atomic E-state index is -3.14. The number of alkyl halides is 2. The zero-order valence-electron chi connectivity index (χ0n) is 17.1. The Kier molecular flexibility index (Phi) is 8.80. The summed E-state index contributed by atoms with van der Waals surface area (Å²) in [6, 6.07) is 7.56. The molecule has 6 nitrogen and oxygen atoms in total. The zero-order valence-corrected chi connectivity index (χ0v) is 18.0. The summed E-state index contributed by atoms with van der Waals surface area (Å²) in [5, 5.41) is 9.86. The lowest BCUT2D eigenvalue weighted by Crippen LogP contribution is -2.20. The average Bonchev–Trinajstić information content (AvgIpc) is 2.77. The summed E-state index contributed by atoms with van der Waals surface area (Å²) in [7, 11) is 0. The minimum Gasteiger partial charge on any atom is -0.478 e. The number of carbonyl (C=O) groups excluding carboxylic acids is 2. The number of carboxylic acids is 1. The molecule has 0 aromatic heterocycles. The molecule has 3 rings (SSSR count). The molecule has 1 heterocycles. The highest BCUT2D eigenvalue weighted by molar-refractivity contribution is 7.99. The van der Waals surface area contributed by atoms with Crippen molar-refractivity contribution in [2.24, 2.45) is 0 Å². The molecule has 0 bridgehead atoms. The number of allylic oxidation sites excluding steroid dienone is 1. The van der Waals surface area contributed by atoms with Crippen molar-refractivity contribution in [3.63, 3.8) is 0 Å². The highest BCUT2D eigenvalue weighted by Gasteiger charge is 2.27. The van der Waals surface area contributed by atoms with E-state index in [9.17, 15) is 37.2 Å². The number of aromatic carboxylic acids is 1. The molecule has 33 heavy (non-hydrogen) atoms. The van der Waals surface area contributed by atoms with E-state index in [0.29, 0.717) is 4.90 Å². The van der Waals surface area contributed by atoms with Crippen molar-refractivity contribution >= 4 is 41.3 Å². The summed E-state index contributed by atoms with van der Waals surface area (Å²) in [6.45, 7) is 5.25. The first-order chi connectivity index (χ1) is 15.6. The molecule has 174 valence electrons. The van der Waals surface area contributed by atoms with Crippen molar-refractivity contribution in [2.75, 3.05) is 11.1 Å². The molecular weight excluding hydrogens is 464 g/mol. The smallest absolute Gasteiger partial charge is 0.337 e. The van der Waals surface area contributed by atoms with Crippen LogP contribution in [0, 0.1) is 0 Å². The number of carbonyl (C=O) groups is 3. The molecule has 0 aliphatic carbocycles. The van der Waals surface area contributed by atoms with E-state index in [1.165, 1.54) is 30.3 Å². The zero-order chi connectivity index (χ0) is 24.7. The number of anilines is 1. The van der Waals surface area contributed by atoms with E-state index in [-0.39, 0.29) is 28.1 Å². The molecule has 0 radical (unpaired) electrons. The molecule has 11 heteroatoms. The maximum Gasteiger partial charge on any atom is 0.337 e. The summed E-state index contributed by atoms with van der Waals surface area (Å²) in [4.78, 5) is 35.7. The van der Waals surface area contributed by atoms with Crippen molar-refractivity contribution in [3.05, 3.63) is 76.9 Å². The highest BCUT2D eigenvalue weighted by atomic mass is 32.2. The van der Waals surface area contributed by atoms with Gasteiger partial charge in [-0.2, -0.15) is 0 Å². The predicted octanol–water partition coefficient (Wildman–Crippen LogP) is 5.85. The molecular formula is C22H18F4N2O4S. The molecule has 2 aromatic carbocycles. The third-order valence-corrected chi connectivity index (χ3v) is 5.33. The van der Waals surface area contributed by atoms with E-state index in [0.717, 1.165) is 23.9 Å². The van der Waals surface area contributed by atoms with Gasteiger partial charge in [0.15, 0.2) is 0 Å². The Labute approximate surface area is 190 Å². The van der Waals surface area contributed by atoms with Crippen LogP contribution in [0.1, 0.15) is 45.2 Å². The fraction of sp³-hybridized carbons (Fsp3) is 0.136. The van der Waals surface area contributed by atoms with Gasteiger partial charge in [-0.15, -0.1) is 18.3 Å². The Morgan fingerprint density at radius 1 is 1.18 bits per heavy atom. The molecule has 0 fully saturated rings. The number of benzene rings is 2. The van der Waals surface area contributed by atoms with Crippen molar-refractivity contribution in [1.29, 1.82) is 0 Å². The summed E-state index contributed by atoms with van der Waals surface area (Å²) in [6.07, 6.45) is -0.104. The monoisotopic (exact) mass is 482 g/mol. The molecule has 1 aliphatic heterocycles. The molecule has 0 unspecified atom stereocenters.